The Hall–Kier alpha value is -0.780. The lowest BCUT2D eigenvalue weighted by atomic mass is 9.87. The van der Waals surface area contributed by atoms with Crippen LogP contribution in [0.25, 0.3) is 0 Å². The van der Waals surface area contributed by atoms with Crippen molar-refractivity contribution in [1.82, 2.24) is 0 Å². The lowest BCUT2D eigenvalue weighted by Gasteiger charge is -2.18. The molecule has 0 spiro atoms. The van der Waals surface area contributed by atoms with E-state index in [4.69, 9.17) is 0 Å². The van der Waals surface area contributed by atoms with Gasteiger partial charge in [-0.05, 0) is 23.8 Å². The van der Waals surface area contributed by atoms with E-state index in [0.717, 1.165) is 11.8 Å². The molecule has 1 fully saturated rings. The summed E-state index contributed by atoms with van der Waals surface area (Å²) in [7, 11) is 0. The summed E-state index contributed by atoms with van der Waals surface area (Å²) in [4.78, 5) is 0. The fourth-order valence-corrected chi connectivity index (χ4v) is 2.68. The van der Waals surface area contributed by atoms with Crippen molar-refractivity contribution in [1.29, 1.82) is 0 Å². The van der Waals surface area contributed by atoms with E-state index >= 15 is 0 Å². The molecule has 1 aliphatic carbocycles. The minimum absolute atomic E-state index is 0.875. The second-order valence-electron chi connectivity index (χ2n) is 4.71. The quantitative estimate of drug-likeness (QED) is 0.671. The van der Waals surface area contributed by atoms with Gasteiger partial charge in [0.2, 0.25) is 0 Å². The lowest BCUT2D eigenvalue weighted by Crippen LogP contribution is -2.10. The van der Waals surface area contributed by atoms with Gasteiger partial charge in [-0.3, -0.25) is 0 Å². The number of hydrogen-bond acceptors (Lipinski definition) is 0. The van der Waals surface area contributed by atoms with Crippen molar-refractivity contribution < 1.29 is 0 Å². The normalized spacial score (nSPS) is 19.8. The molecule has 0 aromatic heterocycles. The molecule has 76 valence electrons. The van der Waals surface area contributed by atoms with Gasteiger partial charge in [-0.25, -0.2) is 0 Å². The molecule has 14 heavy (non-hydrogen) atoms. The maximum atomic E-state index is 2.42. The van der Waals surface area contributed by atoms with Crippen molar-refractivity contribution in [2.75, 3.05) is 0 Å². The molecule has 0 heteroatoms. The highest BCUT2D eigenvalue weighted by atomic mass is 14.3. The molecule has 1 atom stereocenters. The first-order valence-corrected chi connectivity index (χ1v) is 5.90. The van der Waals surface area contributed by atoms with Crippen molar-refractivity contribution in [3.05, 3.63) is 35.9 Å². The summed E-state index contributed by atoms with van der Waals surface area (Å²) in [5, 5.41) is 0. The average Bonchev–Trinajstić information content (AvgIpc) is 2.72. The van der Waals surface area contributed by atoms with Crippen LogP contribution in [0, 0.1) is 11.8 Å². The van der Waals surface area contributed by atoms with E-state index in [9.17, 15) is 0 Å². The van der Waals surface area contributed by atoms with Gasteiger partial charge >= 0.3 is 0 Å². The van der Waals surface area contributed by atoms with Crippen molar-refractivity contribution in [3.63, 3.8) is 0 Å². The largest absolute Gasteiger partial charge is 0.0622 e. The second-order valence-corrected chi connectivity index (χ2v) is 4.71. The van der Waals surface area contributed by atoms with Gasteiger partial charge in [-0.2, -0.15) is 0 Å². The number of rotatable bonds is 3. The maximum absolute atomic E-state index is 2.42. The van der Waals surface area contributed by atoms with Crippen LogP contribution in [0.1, 0.15) is 38.2 Å². The summed E-state index contributed by atoms with van der Waals surface area (Å²) < 4.78 is 0. The van der Waals surface area contributed by atoms with Crippen molar-refractivity contribution in [2.45, 2.75) is 39.0 Å². The zero-order chi connectivity index (χ0) is 9.80. The van der Waals surface area contributed by atoms with Gasteiger partial charge in [0.25, 0.3) is 0 Å². The first-order valence-electron chi connectivity index (χ1n) is 5.90. The standard InChI is InChI=1S/C14H20/c1-12(14-9-5-6-10-14)11-13-7-3-2-4-8-13/h2-4,7-8,12,14H,5-6,9-11H2,1H3/t12-/m0/s1. The Morgan fingerprint density at radius 2 is 1.79 bits per heavy atom. The van der Waals surface area contributed by atoms with Crippen LogP contribution < -0.4 is 0 Å². The van der Waals surface area contributed by atoms with Gasteiger partial charge in [0.05, 0.1) is 0 Å². The van der Waals surface area contributed by atoms with Crippen LogP contribution in [-0.2, 0) is 6.42 Å². The molecule has 0 aliphatic heterocycles. The Morgan fingerprint density at radius 1 is 1.14 bits per heavy atom. The number of hydrogen-bond donors (Lipinski definition) is 0. The molecule has 1 saturated carbocycles. The van der Waals surface area contributed by atoms with Crippen LogP contribution in [0.3, 0.4) is 0 Å². The van der Waals surface area contributed by atoms with E-state index in [1.165, 1.54) is 37.7 Å². The fraction of sp³-hybridized carbons (Fsp3) is 0.571. The summed E-state index contributed by atoms with van der Waals surface area (Å²) in [6.45, 7) is 2.42. The van der Waals surface area contributed by atoms with E-state index in [-0.39, 0.29) is 0 Å². The Morgan fingerprint density at radius 3 is 2.43 bits per heavy atom. The molecular formula is C14H20. The zero-order valence-electron chi connectivity index (χ0n) is 9.08. The van der Waals surface area contributed by atoms with Crippen LogP contribution >= 0.6 is 0 Å². The van der Waals surface area contributed by atoms with E-state index < -0.39 is 0 Å². The topological polar surface area (TPSA) is 0 Å². The monoisotopic (exact) mass is 188 g/mol. The molecule has 0 radical (unpaired) electrons. The van der Waals surface area contributed by atoms with E-state index in [2.05, 4.69) is 37.3 Å². The predicted molar refractivity (Wildman–Crippen MR) is 61.3 cm³/mol. The third kappa shape index (κ3) is 2.37. The van der Waals surface area contributed by atoms with Gasteiger partial charge in [-0.15, -0.1) is 0 Å². The van der Waals surface area contributed by atoms with Gasteiger partial charge in [-0.1, -0.05) is 62.9 Å². The third-order valence-corrected chi connectivity index (χ3v) is 3.61. The smallest absolute Gasteiger partial charge is 0.0250 e. The fourth-order valence-electron chi connectivity index (χ4n) is 2.68. The van der Waals surface area contributed by atoms with Gasteiger partial charge in [0.15, 0.2) is 0 Å². The predicted octanol–water partition coefficient (Wildman–Crippen LogP) is 4.06. The highest BCUT2D eigenvalue weighted by Gasteiger charge is 2.21. The minimum atomic E-state index is 0.875. The van der Waals surface area contributed by atoms with Gasteiger partial charge in [0, 0.05) is 0 Å². The highest BCUT2D eigenvalue weighted by molar-refractivity contribution is 5.15. The van der Waals surface area contributed by atoms with Crippen LogP contribution in [-0.4, -0.2) is 0 Å². The first kappa shape index (κ1) is 9.76. The molecule has 1 aliphatic rings. The van der Waals surface area contributed by atoms with Crippen molar-refractivity contribution in [3.8, 4) is 0 Å². The van der Waals surface area contributed by atoms with Crippen LogP contribution in [0.15, 0.2) is 30.3 Å². The van der Waals surface area contributed by atoms with Crippen LogP contribution in [0.2, 0.25) is 0 Å². The average molecular weight is 188 g/mol. The Bertz CT molecular complexity index is 257. The number of benzene rings is 1. The van der Waals surface area contributed by atoms with E-state index in [1.807, 2.05) is 0 Å². The first-order chi connectivity index (χ1) is 6.86. The Balaban J connectivity index is 1.90. The molecule has 0 amide bonds. The summed E-state index contributed by atoms with van der Waals surface area (Å²) in [6, 6.07) is 10.9. The van der Waals surface area contributed by atoms with Gasteiger partial charge in [0.1, 0.15) is 0 Å². The Kier molecular flexibility index (Phi) is 3.23. The maximum Gasteiger partial charge on any atom is -0.0250 e. The van der Waals surface area contributed by atoms with Crippen LogP contribution in [0.5, 0.6) is 0 Å². The molecule has 0 N–H and O–H groups in total. The summed E-state index contributed by atoms with van der Waals surface area (Å²) in [6.07, 6.45) is 7.13. The summed E-state index contributed by atoms with van der Waals surface area (Å²) in [5.74, 6) is 1.87. The molecule has 0 bridgehead atoms. The van der Waals surface area contributed by atoms with E-state index in [0.29, 0.717) is 0 Å². The highest BCUT2D eigenvalue weighted by Crippen LogP contribution is 2.32. The molecular weight excluding hydrogens is 168 g/mol. The molecule has 1 aromatic rings. The molecule has 0 saturated heterocycles. The molecule has 2 rings (SSSR count). The molecule has 0 unspecified atom stereocenters. The van der Waals surface area contributed by atoms with Crippen molar-refractivity contribution in [2.24, 2.45) is 11.8 Å². The van der Waals surface area contributed by atoms with Crippen molar-refractivity contribution >= 4 is 0 Å². The van der Waals surface area contributed by atoms with E-state index in [1.54, 1.807) is 0 Å². The second kappa shape index (κ2) is 4.63. The lowest BCUT2D eigenvalue weighted by molar-refractivity contribution is 0.365. The Labute approximate surface area is 87.3 Å². The molecule has 0 heterocycles. The zero-order valence-corrected chi connectivity index (χ0v) is 9.08. The van der Waals surface area contributed by atoms with Crippen LogP contribution in [0.4, 0.5) is 0 Å². The minimum Gasteiger partial charge on any atom is -0.0622 e. The molecule has 0 nitrogen and oxygen atoms in total. The van der Waals surface area contributed by atoms with Gasteiger partial charge < -0.3 is 0 Å². The summed E-state index contributed by atoms with van der Waals surface area (Å²) >= 11 is 0. The molecule has 1 aromatic carbocycles. The SMILES string of the molecule is C[C@@H](Cc1ccccc1)C1CCCC1. The summed E-state index contributed by atoms with van der Waals surface area (Å²) in [5.41, 5.74) is 1.51. The third-order valence-electron chi connectivity index (χ3n) is 3.61.